The quantitative estimate of drug-likeness (QED) is 0.875. The molecule has 1 rings (SSSR count). The molecule has 0 saturated heterocycles. The zero-order chi connectivity index (χ0) is 16.3. The molecule has 0 aromatic heterocycles. The van der Waals surface area contributed by atoms with Crippen molar-refractivity contribution in [1.29, 1.82) is 0 Å². The summed E-state index contributed by atoms with van der Waals surface area (Å²) in [5.41, 5.74) is 1.10. The molecule has 1 aromatic carbocycles. The molecule has 1 aromatic rings. The zero-order valence-electron chi connectivity index (χ0n) is 13.6. The predicted octanol–water partition coefficient (Wildman–Crippen LogP) is 4.23. The number of hydrogen-bond acceptors (Lipinski definition) is 3. The van der Waals surface area contributed by atoms with Crippen LogP contribution in [0.3, 0.4) is 0 Å². The Labute approximate surface area is 132 Å². The van der Waals surface area contributed by atoms with Crippen LogP contribution < -0.4 is 10.6 Å². The van der Waals surface area contributed by atoms with Gasteiger partial charge >= 0.3 is 6.09 Å². The van der Waals surface area contributed by atoms with E-state index in [0.29, 0.717) is 10.7 Å². The topological polar surface area (TPSA) is 50.4 Å². The highest BCUT2D eigenvalue weighted by molar-refractivity contribution is 6.31. The smallest absolute Gasteiger partial charge is 0.412 e. The fourth-order valence-electron chi connectivity index (χ4n) is 1.75. The summed E-state index contributed by atoms with van der Waals surface area (Å²) >= 11 is 6.29. The standard InChI is InChI=1S/C16H25ClN2O2/c1-15(2,3)21-14(20)19-12-8-7-11(13(17)9-12)10-16(4,5)18-6/h7-9,18H,10H2,1-6H3,(H,19,20). The molecule has 0 bridgehead atoms. The van der Waals surface area contributed by atoms with Crippen molar-refractivity contribution in [3.05, 3.63) is 28.8 Å². The fraction of sp³-hybridized carbons (Fsp3) is 0.562. The molecular weight excluding hydrogens is 288 g/mol. The number of halogens is 1. The van der Waals surface area contributed by atoms with Crippen LogP contribution in [0, 0.1) is 0 Å². The zero-order valence-corrected chi connectivity index (χ0v) is 14.4. The summed E-state index contributed by atoms with van der Waals surface area (Å²) in [7, 11) is 1.92. The van der Waals surface area contributed by atoms with Gasteiger partial charge in [-0.3, -0.25) is 5.32 Å². The lowest BCUT2D eigenvalue weighted by Gasteiger charge is -2.25. The highest BCUT2D eigenvalue weighted by atomic mass is 35.5. The Morgan fingerprint density at radius 1 is 1.24 bits per heavy atom. The van der Waals surface area contributed by atoms with E-state index in [1.807, 2.05) is 40.0 Å². The predicted molar refractivity (Wildman–Crippen MR) is 88.2 cm³/mol. The van der Waals surface area contributed by atoms with Gasteiger partial charge in [-0.25, -0.2) is 4.79 Å². The van der Waals surface area contributed by atoms with Crippen molar-refractivity contribution in [3.8, 4) is 0 Å². The highest BCUT2D eigenvalue weighted by Gasteiger charge is 2.19. The van der Waals surface area contributed by atoms with E-state index in [9.17, 15) is 4.79 Å². The molecule has 5 heteroatoms. The van der Waals surface area contributed by atoms with Gasteiger partial charge in [0, 0.05) is 16.2 Å². The number of rotatable bonds is 4. The van der Waals surface area contributed by atoms with Gasteiger partial charge in [-0.15, -0.1) is 0 Å². The summed E-state index contributed by atoms with van der Waals surface area (Å²) in [6.07, 6.45) is 0.316. The van der Waals surface area contributed by atoms with Crippen molar-refractivity contribution in [2.75, 3.05) is 12.4 Å². The number of carbonyl (C=O) groups is 1. The molecule has 1 amide bonds. The number of anilines is 1. The van der Waals surface area contributed by atoms with E-state index >= 15 is 0 Å². The highest BCUT2D eigenvalue weighted by Crippen LogP contribution is 2.25. The molecule has 0 radical (unpaired) electrons. The Hall–Kier alpha value is -1.26. The summed E-state index contributed by atoms with van der Waals surface area (Å²) in [6.45, 7) is 9.68. The molecule has 4 nitrogen and oxygen atoms in total. The lowest BCUT2D eigenvalue weighted by Crippen LogP contribution is -2.38. The van der Waals surface area contributed by atoms with E-state index in [2.05, 4.69) is 24.5 Å². The maximum Gasteiger partial charge on any atom is 0.412 e. The van der Waals surface area contributed by atoms with Gasteiger partial charge < -0.3 is 10.1 Å². The SMILES string of the molecule is CNC(C)(C)Cc1ccc(NC(=O)OC(C)(C)C)cc1Cl. The second-order valence-corrected chi connectivity index (χ2v) is 7.15. The molecule has 0 aliphatic carbocycles. The van der Waals surface area contributed by atoms with Crippen molar-refractivity contribution >= 4 is 23.4 Å². The average molecular weight is 313 g/mol. The van der Waals surface area contributed by atoms with Gasteiger partial charge in [0.15, 0.2) is 0 Å². The van der Waals surface area contributed by atoms with Gasteiger partial charge in [0.2, 0.25) is 0 Å². The molecule has 0 spiro atoms. The molecule has 118 valence electrons. The number of hydrogen-bond donors (Lipinski definition) is 2. The van der Waals surface area contributed by atoms with Gasteiger partial charge in [0.05, 0.1) is 0 Å². The monoisotopic (exact) mass is 312 g/mol. The molecule has 21 heavy (non-hydrogen) atoms. The van der Waals surface area contributed by atoms with E-state index in [-0.39, 0.29) is 5.54 Å². The summed E-state index contributed by atoms with van der Waals surface area (Å²) in [4.78, 5) is 11.7. The first-order chi connectivity index (χ1) is 9.52. The lowest BCUT2D eigenvalue weighted by atomic mass is 9.95. The van der Waals surface area contributed by atoms with Crippen LogP contribution in [0.4, 0.5) is 10.5 Å². The number of nitrogens with one attached hydrogen (secondary N) is 2. The van der Waals surface area contributed by atoms with E-state index in [4.69, 9.17) is 16.3 Å². The van der Waals surface area contributed by atoms with Gasteiger partial charge in [-0.05, 0) is 65.8 Å². The van der Waals surface area contributed by atoms with Gasteiger partial charge in [0.25, 0.3) is 0 Å². The molecule has 0 saturated carbocycles. The van der Waals surface area contributed by atoms with Crippen LogP contribution in [-0.2, 0) is 11.2 Å². The van der Waals surface area contributed by atoms with Gasteiger partial charge in [0.1, 0.15) is 5.60 Å². The number of carbonyl (C=O) groups excluding carboxylic acids is 1. The molecular formula is C16H25ClN2O2. The molecule has 2 N–H and O–H groups in total. The van der Waals surface area contributed by atoms with E-state index in [1.54, 1.807) is 6.07 Å². The average Bonchev–Trinajstić information content (AvgIpc) is 2.30. The van der Waals surface area contributed by atoms with E-state index in [0.717, 1.165) is 12.0 Å². The Bertz CT molecular complexity index is 507. The molecule has 0 heterocycles. The third kappa shape index (κ3) is 6.36. The summed E-state index contributed by atoms with van der Waals surface area (Å²) in [5.74, 6) is 0. The van der Waals surface area contributed by atoms with Crippen LogP contribution >= 0.6 is 11.6 Å². The second kappa shape index (κ2) is 6.67. The van der Waals surface area contributed by atoms with Gasteiger partial charge in [-0.2, -0.15) is 0 Å². The molecule has 0 unspecified atom stereocenters. The van der Waals surface area contributed by atoms with Crippen molar-refractivity contribution in [3.63, 3.8) is 0 Å². The van der Waals surface area contributed by atoms with Crippen LogP contribution in [-0.4, -0.2) is 24.3 Å². The van der Waals surface area contributed by atoms with Crippen LogP contribution in [0.1, 0.15) is 40.2 Å². The largest absolute Gasteiger partial charge is 0.444 e. The summed E-state index contributed by atoms with van der Waals surface area (Å²) in [5, 5.41) is 6.55. The van der Waals surface area contributed by atoms with E-state index in [1.165, 1.54) is 0 Å². The maximum atomic E-state index is 11.7. The minimum Gasteiger partial charge on any atom is -0.444 e. The van der Waals surface area contributed by atoms with Crippen LogP contribution in [0.15, 0.2) is 18.2 Å². The number of amides is 1. The van der Waals surface area contributed by atoms with E-state index < -0.39 is 11.7 Å². The molecule has 0 fully saturated rings. The summed E-state index contributed by atoms with van der Waals surface area (Å²) < 4.78 is 5.21. The first-order valence-corrected chi connectivity index (χ1v) is 7.37. The summed E-state index contributed by atoms with van der Waals surface area (Å²) in [6, 6.07) is 5.50. The fourth-order valence-corrected chi connectivity index (χ4v) is 2.00. The van der Waals surface area contributed by atoms with Crippen LogP contribution in [0.2, 0.25) is 5.02 Å². The minimum absolute atomic E-state index is 0.0379. The Kier molecular flexibility index (Phi) is 5.65. The third-order valence-corrected chi connectivity index (χ3v) is 3.36. The number of ether oxygens (including phenoxy) is 1. The van der Waals surface area contributed by atoms with Crippen LogP contribution in [0.25, 0.3) is 0 Å². The lowest BCUT2D eigenvalue weighted by molar-refractivity contribution is 0.0636. The Morgan fingerprint density at radius 2 is 1.86 bits per heavy atom. The van der Waals surface area contributed by atoms with Gasteiger partial charge in [-0.1, -0.05) is 17.7 Å². The second-order valence-electron chi connectivity index (χ2n) is 6.74. The Morgan fingerprint density at radius 3 is 2.33 bits per heavy atom. The van der Waals surface area contributed by atoms with Crippen molar-refractivity contribution < 1.29 is 9.53 Å². The number of likely N-dealkylation sites (N-methyl/N-ethyl adjacent to an activating group) is 1. The number of benzene rings is 1. The van der Waals surface area contributed by atoms with Crippen molar-refractivity contribution in [2.45, 2.75) is 52.2 Å². The third-order valence-electron chi connectivity index (χ3n) is 3.01. The Balaban J connectivity index is 2.77. The maximum absolute atomic E-state index is 11.7. The molecule has 0 aliphatic heterocycles. The minimum atomic E-state index is -0.523. The van der Waals surface area contributed by atoms with Crippen LogP contribution in [0.5, 0.6) is 0 Å². The molecule has 0 aliphatic rings. The molecule has 0 atom stereocenters. The first kappa shape index (κ1) is 17.8. The van der Waals surface area contributed by atoms with Crippen molar-refractivity contribution in [2.24, 2.45) is 0 Å². The normalized spacial score (nSPS) is 12.1. The first-order valence-electron chi connectivity index (χ1n) is 7.00. The van der Waals surface area contributed by atoms with Crippen molar-refractivity contribution in [1.82, 2.24) is 5.32 Å².